The first-order chi connectivity index (χ1) is 2.27. The van der Waals surface area contributed by atoms with E-state index < -0.39 is 11.3 Å². The minimum atomic E-state index is -2.29. The van der Waals surface area contributed by atoms with Gasteiger partial charge in [-0.1, -0.05) is 0 Å². The molecule has 5 heteroatoms. The van der Waals surface area contributed by atoms with Gasteiger partial charge >= 0.3 is 0 Å². The largest absolute Gasteiger partial charge is 0.761 e. The van der Waals surface area contributed by atoms with E-state index in [0.717, 1.165) is 0 Å². The van der Waals surface area contributed by atoms with Gasteiger partial charge in [0.05, 0.1) is 0 Å². The Hall–Kier alpha value is 0.135. The average Bonchev–Trinajstić information content (AvgIpc) is 1.38. The van der Waals surface area contributed by atoms with Crippen molar-refractivity contribution >= 4 is 19.2 Å². The third-order valence-corrected chi connectivity index (χ3v) is 0.289. The van der Waals surface area contributed by atoms with Crippen LogP contribution in [0.5, 0.6) is 0 Å². The van der Waals surface area contributed by atoms with Crippen LogP contribution in [0.4, 0.5) is 0 Å². The molecule has 1 unspecified atom stereocenters. The highest BCUT2D eigenvalue weighted by atomic mass is 32.2. The van der Waals surface area contributed by atoms with Crippen molar-refractivity contribution in [2.24, 2.45) is 0 Å². The third-order valence-electron chi connectivity index (χ3n) is 0.0962. The van der Waals surface area contributed by atoms with Crippen molar-refractivity contribution < 1.29 is 8.76 Å². The van der Waals surface area contributed by atoms with Crippen LogP contribution in [0, 0.1) is 0 Å². The molecule has 1 N–H and O–H groups in total. The smallest absolute Gasteiger partial charge is 0.196 e. The number of rotatable bonds is 1. The maximum Gasteiger partial charge on any atom is 0.196 e. The molecule has 0 aromatic carbocycles. The van der Waals surface area contributed by atoms with Crippen LogP contribution in [0.1, 0.15) is 0 Å². The molecule has 28 valence electrons. The van der Waals surface area contributed by atoms with Crippen molar-refractivity contribution in [2.45, 2.75) is 0 Å². The Kier molecular flexibility index (Phi) is 2.44. The van der Waals surface area contributed by atoms with E-state index in [9.17, 15) is 0 Å². The summed E-state index contributed by atoms with van der Waals surface area (Å²) in [7, 11) is 4.31. The van der Waals surface area contributed by atoms with Crippen molar-refractivity contribution in [2.75, 3.05) is 0 Å². The fourth-order valence-electron chi connectivity index (χ4n) is 0. The maximum absolute atomic E-state index is 9.13. The molecule has 0 spiro atoms. The highest BCUT2D eigenvalue weighted by molar-refractivity contribution is 7.78. The highest BCUT2D eigenvalue weighted by Gasteiger charge is 1.58. The van der Waals surface area contributed by atoms with Crippen LogP contribution in [-0.4, -0.2) is 16.7 Å². The molecule has 0 aromatic heterocycles. The van der Waals surface area contributed by atoms with E-state index in [2.05, 4.69) is 7.98 Å². The quantitative estimate of drug-likeness (QED) is 0.313. The topological polar surface area (TPSA) is 52.2 Å². The first-order valence-electron chi connectivity index (χ1n) is 0.826. The Morgan fingerprint density at radius 3 is 2.20 bits per heavy atom. The van der Waals surface area contributed by atoms with Crippen molar-refractivity contribution in [1.82, 2.24) is 4.63 Å². The fraction of sp³-hybridized carbons (Fsp3) is 0. The molecule has 0 fully saturated rings. The van der Waals surface area contributed by atoms with Gasteiger partial charge in [-0.05, 0) is 0 Å². The molecule has 1 atom stereocenters. The first-order valence-corrected chi connectivity index (χ1v) is 1.90. The minimum Gasteiger partial charge on any atom is -0.761 e. The monoisotopic (exact) mass is 90.0 g/mol. The zero-order chi connectivity index (χ0) is 4.28. The number of hydrogen-bond donors (Lipinski definition) is 1. The van der Waals surface area contributed by atoms with Gasteiger partial charge in [-0.15, -0.1) is 0 Å². The van der Waals surface area contributed by atoms with Crippen LogP contribution in [0.15, 0.2) is 0 Å². The molecule has 0 aliphatic heterocycles. The average molecular weight is 89.9 g/mol. The number of nitrogens with one attached hydrogen (secondary N) is 1. The van der Waals surface area contributed by atoms with Crippen LogP contribution in [-0.2, 0) is 11.3 Å². The summed E-state index contributed by atoms with van der Waals surface area (Å²) in [5.41, 5.74) is 0. The Bertz CT molecular complexity index is 44.9. The zero-order valence-corrected chi connectivity index (χ0v) is 3.12. The minimum absolute atomic E-state index is 1.44. The molecule has 0 bridgehead atoms. The predicted octanol–water partition coefficient (Wildman–Crippen LogP) is -1.55. The van der Waals surface area contributed by atoms with E-state index in [4.69, 9.17) is 8.76 Å². The standard InChI is InChI=1S/BH2NO2S/c1-2-5(3)4/h2H,(H,3,4)/p-1. The summed E-state index contributed by atoms with van der Waals surface area (Å²) in [5.74, 6) is 0. The van der Waals surface area contributed by atoms with E-state index in [1.807, 2.05) is 0 Å². The molecule has 5 heavy (non-hydrogen) atoms. The summed E-state index contributed by atoms with van der Waals surface area (Å²) in [6.45, 7) is 0. The lowest BCUT2D eigenvalue weighted by Gasteiger charge is -1.96. The van der Waals surface area contributed by atoms with Crippen molar-refractivity contribution in [1.29, 1.82) is 0 Å². The SMILES string of the molecule is [B]NS(=O)[O-]. The van der Waals surface area contributed by atoms with Gasteiger partial charge in [0.2, 0.25) is 0 Å². The van der Waals surface area contributed by atoms with Crippen LogP contribution >= 0.6 is 0 Å². The van der Waals surface area contributed by atoms with Gasteiger partial charge in [-0.3, -0.25) is 4.21 Å². The third kappa shape index (κ3) is 4.13. The molecule has 2 radical (unpaired) electrons. The van der Waals surface area contributed by atoms with Crippen molar-refractivity contribution in [3.8, 4) is 0 Å². The van der Waals surface area contributed by atoms with Gasteiger partial charge in [0.15, 0.2) is 7.98 Å². The Morgan fingerprint density at radius 1 is 2.00 bits per heavy atom. The lowest BCUT2D eigenvalue weighted by molar-refractivity contribution is 0.534. The second-order valence-corrected chi connectivity index (χ2v) is 1.06. The Labute approximate surface area is 33.6 Å². The maximum atomic E-state index is 9.13. The fourth-order valence-corrected chi connectivity index (χ4v) is 0. The zero-order valence-electron chi connectivity index (χ0n) is 2.30. The van der Waals surface area contributed by atoms with E-state index >= 15 is 0 Å². The summed E-state index contributed by atoms with van der Waals surface area (Å²) in [6, 6.07) is 0. The van der Waals surface area contributed by atoms with E-state index in [-0.39, 0.29) is 0 Å². The lowest BCUT2D eigenvalue weighted by atomic mass is 10.5. The summed E-state index contributed by atoms with van der Waals surface area (Å²) in [6.07, 6.45) is 0. The van der Waals surface area contributed by atoms with Crippen LogP contribution in [0.25, 0.3) is 0 Å². The Morgan fingerprint density at radius 2 is 2.20 bits per heavy atom. The highest BCUT2D eigenvalue weighted by Crippen LogP contribution is 1.46. The summed E-state index contributed by atoms with van der Waals surface area (Å²) in [4.78, 5) is 0. The normalized spacial score (nSPS) is 14.6. The summed E-state index contributed by atoms with van der Waals surface area (Å²) >= 11 is -2.29. The first kappa shape index (κ1) is 5.13. The van der Waals surface area contributed by atoms with Crippen molar-refractivity contribution in [3.63, 3.8) is 0 Å². The molecule has 0 heterocycles. The van der Waals surface area contributed by atoms with Crippen molar-refractivity contribution in [3.05, 3.63) is 0 Å². The van der Waals surface area contributed by atoms with E-state index in [0.29, 0.717) is 0 Å². The van der Waals surface area contributed by atoms with Crippen LogP contribution < -0.4 is 4.63 Å². The summed E-state index contributed by atoms with van der Waals surface area (Å²) < 4.78 is 19.7. The molecule has 0 aliphatic carbocycles. The van der Waals surface area contributed by atoms with Crippen LogP contribution in [0.3, 0.4) is 0 Å². The summed E-state index contributed by atoms with van der Waals surface area (Å²) in [5, 5.41) is 0. The molecule has 0 aliphatic rings. The second kappa shape index (κ2) is 2.38. The van der Waals surface area contributed by atoms with Gasteiger partial charge in [0.1, 0.15) is 0 Å². The molecule has 0 saturated heterocycles. The molecule has 3 nitrogen and oxygen atoms in total. The lowest BCUT2D eigenvalue weighted by Crippen LogP contribution is -2.10. The van der Waals surface area contributed by atoms with Gasteiger partial charge in [0, 0.05) is 11.3 Å². The van der Waals surface area contributed by atoms with Gasteiger partial charge < -0.3 is 9.19 Å². The Balaban J connectivity index is 2.85. The van der Waals surface area contributed by atoms with Gasteiger partial charge in [0.25, 0.3) is 0 Å². The van der Waals surface area contributed by atoms with Gasteiger partial charge in [-0.2, -0.15) is 0 Å². The van der Waals surface area contributed by atoms with E-state index in [1.54, 1.807) is 0 Å². The molecular weight excluding hydrogens is 88.9 g/mol. The predicted molar refractivity (Wildman–Crippen MR) is 17.8 cm³/mol. The van der Waals surface area contributed by atoms with E-state index in [1.165, 1.54) is 4.63 Å². The molecule has 0 rings (SSSR count). The molecule has 0 amide bonds. The molecular formula is HBNO2S-. The molecule has 0 aromatic rings. The second-order valence-electron chi connectivity index (χ2n) is 0.353. The number of hydrogen-bond acceptors (Lipinski definition) is 2. The van der Waals surface area contributed by atoms with Gasteiger partial charge in [-0.25, -0.2) is 0 Å². The van der Waals surface area contributed by atoms with Crippen LogP contribution in [0.2, 0.25) is 0 Å². The molecule has 0 saturated carbocycles.